The molecule has 2 aromatic heterocycles. The average molecular weight is 379 g/mol. The van der Waals surface area contributed by atoms with E-state index in [0.29, 0.717) is 12.0 Å². The van der Waals surface area contributed by atoms with Crippen LogP contribution >= 0.6 is 11.3 Å². The summed E-state index contributed by atoms with van der Waals surface area (Å²) in [7, 11) is 4.39. The predicted octanol–water partition coefficient (Wildman–Crippen LogP) is 4.77. The third-order valence-electron chi connectivity index (χ3n) is 5.89. The maximum Gasteiger partial charge on any atom is 0.141 e. The second-order valence-electron chi connectivity index (χ2n) is 8.08. The largest absolute Gasteiger partial charge is 0.354 e. The van der Waals surface area contributed by atoms with Gasteiger partial charge in [-0.3, -0.25) is 0 Å². The van der Waals surface area contributed by atoms with Crippen molar-refractivity contribution in [2.24, 2.45) is 0 Å². The third kappa shape index (κ3) is 3.23. The van der Waals surface area contributed by atoms with Crippen LogP contribution in [0.15, 0.2) is 35.7 Å². The molecule has 1 saturated carbocycles. The molecule has 1 aromatic carbocycles. The number of anilines is 1. The first kappa shape index (κ1) is 17.1. The van der Waals surface area contributed by atoms with E-state index in [2.05, 4.69) is 59.6 Å². The van der Waals surface area contributed by atoms with Gasteiger partial charge in [0.2, 0.25) is 0 Å². The Labute approximate surface area is 164 Å². The van der Waals surface area contributed by atoms with Gasteiger partial charge < -0.3 is 9.80 Å². The molecule has 3 heterocycles. The number of thiophene rings is 1. The summed E-state index contributed by atoms with van der Waals surface area (Å²) < 4.78 is 0. The van der Waals surface area contributed by atoms with Crippen molar-refractivity contribution < 1.29 is 0 Å². The van der Waals surface area contributed by atoms with Crippen molar-refractivity contribution in [1.82, 2.24) is 14.9 Å². The van der Waals surface area contributed by atoms with Crippen LogP contribution in [0.1, 0.15) is 37.4 Å². The minimum Gasteiger partial charge on any atom is -0.354 e. The Morgan fingerprint density at radius 3 is 2.63 bits per heavy atom. The fourth-order valence-corrected chi connectivity index (χ4v) is 5.04. The van der Waals surface area contributed by atoms with Gasteiger partial charge in [-0.1, -0.05) is 30.3 Å². The highest BCUT2D eigenvalue weighted by molar-refractivity contribution is 7.17. The van der Waals surface area contributed by atoms with Crippen molar-refractivity contribution >= 4 is 27.4 Å². The van der Waals surface area contributed by atoms with Crippen LogP contribution in [0.3, 0.4) is 0 Å². The smallest absolute Gasteiger partial charge is 0.141 e. The maximum atomic E-state index is 5.14. The summed E-state index contributed by atoms with van der Waals surface area (Å²) in [6.07, 6.45) is 4.96. The molecule has 1 atom stereocenters. The maximum absolute atomic E-state index is 5.14. The van der Waals surface area contributed by atoms with Crippen molar-refractivity contribution in [2.75, 3.05) is 32.1 Å². The average Bonchev–Trinajstić information content (AvgIpc) is 3.47. The van der Waals surface area contributed by atoms with Crippen molar-refractivity contribution in [3.05, 3.63) is 41.5 Å². The van der Waals surface area contributed by atoms with Crippen LogP contribution in [0, 0.1) is 0 Å². The quantitative estimate of drug-likeness (QED) is 0.655. The molecule has 0 spiro atoms. The van der Waals surface area contributed by atoms with Gasteiger partial charge in [0.25, 0.3) is 0 Å². The van der Waals surface area contributed by atoms with Gasteiger partial charge in [0, 0.05) is 36.0 Å². The molecule has 1 unspecified atom stereocenters. The number of likely N-dealkylation sites (N-methyl/N-ethyl adjacent to an activating group) is 1. The molecule has 2 fully saturated rings. The predicted molar refractivity (Wildman–Crippen MR) is 114 cm³/mol. The second-order valence-corrected chi connectivity index (χ2v) is 8.94. The SMILES string of the molecule is CN(C)C1CCCN(c2nc(C3CC3)nc3scc(-c4ccccc4)c23)C1. The van der Waals surface area contributed by atoms with E-state index in [1.807, 2.05) is 0 Å². The Kier molecular flexibility index (Phi) is 4.37. The van der Waals surface area contributed by atoms with E-state index in [9.17, 15) is 0 Å². The lowest BCUT2D eigenvalue weighted by atomic mass is 10.0. The molecule has 4 nitrogen and oxygen atoms in total. The number of hydrogen-bond donors (Lipinski definition) is 0. The lowest BCUT2D eigenvalue weighted by Gasteiger charge is -2.37. The Morgan fingerprint density at radius 2 is 1.89 bits per heavy atom. The summed E-state index contributed by atoms with van der Waals surface area (Å²) in [5.41, 5.74) is 2.54. The van der Waals surface area contributed by atoms with Crippen molar-refractivity contribution in [1.29, 1.82) is 0 Å². The summed E-state index contributed by atoms with van der Waals surface area (Å²) in [6, 6.07) is 11.3. The van der Waals surface area contributed by atoms with Gasteiger partial charge in [-0.25, -0.2) is 9.97 Å². The van der Waals surface area contributed by atoms with Gasteiger partial charge in [-0.2, -0.15) is 0 Å². The van der Waals surface area contributed by atoms with Crippen LogP contribution in [0.2, 0.25) is 0 Å². The molecule has 3 aromatic rings. The lowest BCUT2D eigenvalue weighted by molar-refractivity contribution is 0.257. The zero-order chi connectivity index (χ0) is 18.4. The first-order valence-electron chi connectivity index (χ1n) is 9.96. The molecular weight excluding hydrogens is 352 g/mol. The first-order chi connectivity index (χ1) is 13.2. The van der Waals surface area contributed by atoms with Crippen molar-refractivity contribution in [2.45, 2.75) is 37.6 Å². The molecule has 0 amide bonds. The first-order valence-corrected chi connectivity index (χ1v) is 10.8. The van der Waals surface area contributed by atoms with Gasteiger partial charge in [0.1, 0.15) is 16.5 Å². The van der Waals surface area contributed by atoms with Crippen molar-refractivity contribution in [3.63, 3.8) is 0 Å². The van der Waals surface area contributed by atoms with Gasteiger partial charge in [-0.05, 0) is 45.3 Å². The van der Waals surface area contributed by atoms with E-state index < -0.39 is 0 Å². The van der Waals surface area contributed by atoms with E-state index >= 15 is 0 Å². The summed E-state index contributed by atoms with van der Waals surface area (Å²) in [5, 5.41) is 3.51. The van der Waals surface area contributed by atoms with E-state index in [1.165, 1.54) is 42.2 Å². The Hall–Kier alpha value is -1.98. The Balaban J connectivity index is 1.65. The highest BCUT2D eigenvalue weighted by Gasteiger charge is 2.31. The van der Waals surface area contributed by atoms with Gasteiger partial charge in [0.15, 0.2) is 0 Å². The molecule has 1 saturated heterocycles. The molecule has 2 aliphatic rings. The summed E-state index contributed by atoms with van der Waals surface area (Å²) in [4.78, 5) is 16.1. The van der Waals surface area contributed by atoms with Crippen LogP contribution in [0.5, 0.6) is 0 Å². The zero-order valence-corrected chi connectivity index (χ0v) is 16.9. The van der Waals surface area contributed by atoms with Crippen LogP contribution in [-0.2, 0) is 0 Å². The number of fused-ring (bicyclic) bond motifs is 1. The summed E-state index contributed by atoms with van der Waals surface area (Å²) in [5.74, 6) is 2.80. The minimum absolute atomic E-state index is 0.574. The van der Waals surface area contributed by atoms with Crippen LogP contribution in [0.4, 0.5) is 5.82 Å². The highest BCUT2D eigenvalue weighted by atomic mass is 32.1. The molecule has 27 heavy (non-hydrogen) atoms. The summed E-state index contributed by atoms with van der Waals surface area (Å²) >= 11 is 1.77. The fourth-order valence-electron chi connectivity index (χ4n) is 4.09. The number of benzene rings is 1. The topological polar surface area (TPSA) is 32.3 Å². The molecule has 5 rings (SSSR count). The number of hydrogen-bond acceptors (Lipinski definition) is 5. The van der Waals surface area contributed by atoms with Crippen molar-refractivity contribution in [3.8, 4) is 11.1 Å². The van der Waals surface area contributed by atoms with Crippen LogP contribution in [-0.4, -0.2) is 48.1 Å². The standard InChI is InChI=1S/C22H26N4S/c1-25(2)17-9-6-12-26(13-17)21-19-18(15-7-4-3-5-8-15)14-27-22(19)24-20(23-21)16-10-11-16/h3-5,7-8,14,16-17H,6,9-13H2,1-2H3. The van der Waals surface area contributed by atoms with Gasteiger partial charge in [0.05, 0.1) is 5.39 Å². The lowest BCUT2D eigenvalue weighted by Crippen LogP contribution is -2.45. The molecule has 0 bridgehead atoms. The van der Waals surface area contributed by atoms with E-state index in [4.69, 9.17) is 9.97 Å². The van der Waals surface area contributed by atoms with Crippen LogP contribution < -0.4 is 4.90 Å². The van der Waals surface area contributed by atoms with Crippen LogP contribution in [0.25, 0.3) is 21.3 Å². The third-order valence-corrected chi connectivity index (χ3v) is 6.76. The van der Waals surface area contributed by atoms with Gasteiger partial charge in [-0.15, -0.1) is 11.3 Å². The van der Waals surface area contributed by atoms with E-state index in [-0.39, 0.29) is 0 Å². The molecular formula is C22H26N4S. The number of piperidine rings is 1. The molecule has 0 N–H and O–H groups in total. The number of nitrogens with zero attached hydrogens (tertiary/aromatic N) is 4. The highest BCUT2D eigenvalue weighted by Crippen LogP contribution is 2.43. The van der Waals surface area contributed by atoms with E-state index in [0.717, 1.165) is 29.6 Å². The molecule has 1 aliphatic carbocycles. The number of rotatable bonds is 4. The molecule has 1 aliphatic heterocycles. The van der Waals surface area contributed by atoms with E-state index in [1.54, 1.807) is 11.3 Å². The molecule has 140 valence electrons. The normalized spacial score (nSPS) is 20.6. The Bertz CT molecular complexity index is 946. The molecule has 5 heteroatoms. The zero-order valence-electron chi connectivity index (χ0n) is 16.1. The number of aromatic nitrogens is 2. The fraction of sp³-hybridized carbons (Fsp3) is 0.455. The summed E-state index contributed by atoms with van der Waals surface area (Å²) in [6.45, 7) is 2.14. The molecule has 0 radical (unpaired) electrons. The Morgan fingerprint density at radius 1 is 1.07 bits per heavy atom. The second kappa shape index (κ2) is 6.88. The minimum atomic E-state index is 0.574. The monoisotopic (exact) mass is 378 g/mol. The van der Waals surface area contributed by atoms with Gasteiger partial charge >= 0.3 is 0 Å².